The zero-order valence-electron chi connectivity index (χ0n) is 14.2. The number of nitrogens with zero attached hydrogens (tertiary/aromatic N) is 1. The van der Waals surface area contributed by atoms with E-state index in [4.69, 9.17) is 0 Å². The fourth-order valence-electron chi connectivity index (χ4n) is 3.53. The van der Waals surface area contributed by atoms with Gasteiger partial charge in [0, 0.05) is 16.7 Å². The maximum Gasteiger partial charge on any atom is 0.261 e. The van der Waals surface area contributed by atoms with Gasteiger partial charge in [-0.15, -0.1) is 0 Å². The number of aliphatic hydroxyl groups is 1. The molecule has 0 spiro atoms. The van der Waals surface area contributed by atoms with Crippen LogP contribution in [-0.2, 0) is 5.72 Å². The molecule has 0 bridgehead atoms. The van der Waals surface area contributed by atoms with Crippen molar-refractivity contribution in [3.63, 3.8) is 0 Å². The molecule has 3 aromatic rings. The van der Waals surface area contributed by atoms with Crippen LogP contribution in [0, 0.1) is 13.8 Å². The standard InChI is InChI=1S/C22H19NO2/c1-15-11-13-17(14-12-15)22(25)19-9-5-4-8-18(19)21(24)23(22)20-10-6-3-7-16(20)2/h3-14,25H,1-2H3/t22-/m1/s1. The minimum Gasteiger partial charge on any atom is -0.363 e. The van der Waals surface area contributed by atoms with Crippen molar-refractivity contribution in [1.82, 2.24) is 0 Å². The molecule has 124 valence electrons. The average Bonchev–Trinajstić information content (AvgIpc) is 2.85. The highest BCUT2D eigenvalue weighted by atomic mass is 16.3. The molecule has 0 fully saturated rings. The molecule has 0 aromatic heterocycles. The van der Waals surface area contributed by atoms with Gasteiger partial charge in [0.15, 0.2) is 5.72 Å². The van der Waals surface area contributed by atoms with Gasteiger partial charge in [0.2, 0.25) is 0 Å². The van der Waals surface area contributed by atoms with Crippen LogP contribution in [0.5, 0.6) is 0 Å². The molecule has 25 heavy (non-hydrogen) atoms. The van der Waals surface area contributed by atoms with Crippen molar-refractivity contribution in [3.05, 3.63) is 101 Å². The molecule has 0 saturated carbocycles. The molecule has 1 atom stereocenters. The fraction of sp³-hybridized carbons (Fsp3) is 0.136. The van der Waals surface area contributed by atoms with Crippen LogP contribution in [0.2, 0.25) is 0 Å². The van der Waals surface area contributed by atoms with Crippen molar-refractivity contribution >= 4 is 11.6 Å². The van der Waals surface area contributed by atoms with E-state index in [0.717, 1.165) is 11.1 Å². The van der Waals surface area contributed by atoms with Crippen molar-refractivity contribution in [2.75, 3.05) is 4.90 Å². The summed E-state index contributed by atoms with van der Waals surface area (Å²) < 4.78 is 0. The fourth-order valence-corrected chi connectivity index (χ4v) is 3.53. The highest BCUT2D eigenvalue weighted by Crippen LogP contribution is 2.45. The third-order valence-electron chi connectivity index (χ3n) is 4.87. The molecule has 0 unspecified atom stereocenters. The highest BCUT2D eigenvalue weighted by molar-refractivity contribution is 6.12. The summed E-state index contributed by atoms with van der Waals surface area (Å²) >= 11 is 0. The summed E-state index contributed by atoms with van der Waals surface area (Å²) in [7, 11) is 0. The van der Waals surface area contributed by atoms with Crippen LogP contribution in [0.25, 0.3) is 0 Å². The first-order chi connectivity index (χ1) is 12.0. The second-order valence-electron chi connectivity index (χ2n) is 6.51. The Kier molecular flexibility index (Phi) is 3.48. The molecule has 0 aliphatic carbocycles. The minimum absolute atomic E-state index is 0.187. The summed E-state index contributed by atoms with van der Waals surface area (Å²) in [6, 6.07) is 22.6. The lowest BCUT2D eigenvalue weighted by Gasteiger charge is -2.35. The molecule has 3 aromatic carbocycles. The van der Waals surface area contributed by atoms with Gasteiger partial charge in [0.25, 0.3) is 5.91 Å². The monoisotopic (exact) mass is 329 g/mol. The van der Waals surface area contributed by atoms with Gasteiger partial charge in [-0.3, -0.25) is 9.69 Å². The van der Waals surface area contributed by atoms with E-state index >= 15 is 0 Å². The molecule has 3 nitrogen and oxygen atoms in total. The number of para-hydroxylation sites is 1. The molecular weight excluding hydrogens is 310 g/mol. The predicted molar refractivity (Wildman–Crippen MR) is 98.6 cm³/mol. The third kappa shape index (κ3) is 2.20. The second-order valence-corrected chi connectivity index (χ2v) is 6.51. The molecule has 0 radical (unpaired) electrons. The van der Waals surface area contributed by atoms with Crippen LogP contribution < -0.4 is 4.90 Å². The Hall–Kier alpha value is -2.91. The Morgan fingerprint density at radius 3 is 2.20 bits per heavy atom. The summed E-state index contributed by atoms with van der Waals surface area (Å²) in [5.74, 6) is -0.187. The summed E-state index contributed by atoms with van der Waals surface area (Å²) in [5, 5.41) is 11.8. The molecule has 1 heterocycles. The van der Waals surface area contributed by atoms with Crippen molar-refractivity contribution in [2.45, 2.75) is 19.6 Å². The first-order valence-corrected chi connectivity index (χ1v) is 8.32. The predicted octanol–water partition coefficient (Wildman–Crippen LogP) is 4.16. The number of amides is 1. The average molecular weight is 329 g/mol. The number of carbonyl (C=O) groups excluding carboxylic acids is 1. The maximum atomic E-state index is 13.2. The molecule has 1 aliphatic rings. The van der Waals surface area contributed by atoms with Crippen molar-refractivity contribution in [2.24, 2.45) is 0 Å². The maximum absolute atomic E-state index is 13.2. The Balaban J connectivity index is 2.01. The molecule has 3 heteroatoms. The Bertz CT molecular complexity index is 962. The van der Waals surface area contributed by atoms with E-state index in [0.29, 0.717) is 22.4 Å². The van der Waals surface area contributed by atoms with Crippen molar-refractivity contribution < 1.29 is 9.90 Å². The van der Waals surface area contributed by atoms with Gasteiger partial charge in [0.1, 0.15) is 0 Å². The van der Waals surface area contributed by atoms with Crippen molar-refractivity contribution in [3.8, 4) is 0 Å². The van der Waals surface area contributed by atoms with Crippen LogP contribution in [0.3, 0.4) is 0 Å². The number of rotatable bonds is 2. The molecule has 0 saturated heterocycles. The minimum atomic E-state index is -1.52. The van der Waals surface area contributed by atoms with Crippen LogP contribution in [0.1, 0.15) is 32.6 Å². The lowest BCUT2D eigenvalue weighted by molar-refractivity contribution is 0.0702. The van der Waals surface area contributed by atoms with Gasteiger partial charge in [-0.25, -0.2) is 0 Å². The zero-order valence-corrected chi connectivity index (χ0v) is 14.2. The van der Waals surface area contributed by atoms with E-state index in [2.05, 4.69) is 0 Å². The van der Waals surface area contributed by atoms with Gasteiger partial charge in [-0.2, -0.15) is 0 Å². The number of hydrogen-bond donors (Lipinski definition) is 1. The zero-order chi connectivity index (χ0) is 17.6. The lowest BCUT2D eigenvalue weighted by atomic mass is 9.92. The van der Waals surface area contributed by atoms with E-state index in [1.54, 1.807) is 6.07 Å². The number of hydrogen-bond acceptors (Lipinski definition) is 2. The summed E-state index contributed by atoms with van der Waals surface area (Å²) in [4.78, 5) is 14.7. The molecule has 1 aliphatic heterocycles. The Morgan fingerprint density at radius 2 is 1.48 bits per heavy atom. The molecule has 4 rings (SSSR count). The smallest absolute Gasteiger partial charge is 0.261 e. The van der Waals surface area contributed by atoms with Crippen LogP contribution in [0.4, 0.5) is 5.69 Å². The molecular formula is C22H19NO2. The number of carbonyl (C=O) groups is 1. The quantitative estimate of drug-likeness (QED) is 0.767. The number of aryl methyl sites for hydroxylation is 2. The Morgan fingerprint density at radius 1 is 0.840 bits per heavy atom. The van der Waals surface area contributed by atoms with E-state index < -0.39 is 5.72 Å². The third-order valence-corrected chi connectivity index (χ3v) is 4.87. The second kappa shape index (κ2) is 5.57. The van der Waals surface area contributed by atoms with Gasteiger partial charge >= 0.3 is 0 Å². The summed E-state index contributed by atoms with van der Waals surface area (Å²) in [6.07, 6.45) is 0. The van der Waals surface area contributed by atoms with Crippen LogP contribution in [-0.4, -0.2) is 11.0 Å². The number of anilines is 1. The SMILES string of the molecule is Cc1ccc([C@@]2(O)c3ccccc3C(=O)N2c2ccccc2C)cc1. The molecule has 1 N–H and O–H groups in total. The van der Waals surface area contributed by atoms with Crippen molar-refractivity contribution in [1.29, 1.82) is 0 Å². The summed E-state index contributed by atoms with van der Waals surface area (Å²) in [6.45, 7) is 3.95. The van der Waals surface area contributed by atoms with E-state index in [1.807, 2.05) is 80.6 Å². The Labute approximate surface area is 147 Å². The lowest BCUT2D eigenvalue weighted by Crippen LogP contribution is -2.45. The van der Waals surface area contributed by atoms with Gasteiger partial charge in [0.05, 0.1) is 5.69 Å². The largest absolute Gasteiger partial charge is 0.363 e. The van der Waals surface area contributed by atoms with Gasteiger partial charge in [-0.05, 0) is 31.5 Å². The van der Waals surface area contributed by atoms with E-state index in [1.165, 1.54) is 4.90 Å². The first kappa shape index (κ1) is 15.6. The van der Waals surface area contributed by atoms with Gasteiger partial charge < -0.3 is 5.11 Å². The number of benzene rings is 3. The van der Waals surface area contributed by atoms with Gasteiger partial charge in [-0.1, -0.05) is 66.2 Å². The van der Waals surface area contributed by atoms with Crippen LogP contribution in [0.15, 0.2) is 72.8 Å². The normalized spacial score (nSPS) is 19.2. The van der Waals surface area contributed by atoms with E-state index in [-0.39, 0.29) is 5.91 Å². The first-order valence-electron chi connectivity index (χ1n) is 8.32. The number of fused-ring (bicyclic) bond motifs is 1. The molecule has 1 amide bonds. The topological polar surface area (TPSA) is 40.5 Å². The highest BCUT2D eigenvalue weighted by Gasteiger charge is 2.50. The van der Waals surface area contributed by atoms with E-state index in [9.17, 15) is 9.90 Å². The van der Waals surface area contributed by atoms with Crippen LogP contribution >= 0.6 is 0 Å². The summed E-state index contributed by atoms with van der Waals surface area (Å²) in [5.41, 5.74) is 3.07.